The third-order valence-corrected chi connectivity index (χ3v) is 5.19. The second-order valence-corrected chi connectivity index (χ2v) is 7.01. The average Bonchev–Trinajstić information content (AvgIpc) is 2.84. The first-order valence-corrected chi connectivity index (χ1v) is 8.02. The van der Waals surface area contributed by atoms with Crippen LogP contribution in [0.25, 0.3) is 0 Å². The number of rotatable bonds is 3. The maximum absolute atomic E-state index is 12.3. The molecule has 0 spiro atoms. The molecule has 5 heteroatoms. The Labute approximate surface area is 121 Å². The van der Waals surface area contributed by atoms with Crippen molar-refractivity contribution in [3.63, 3.8) is 0 Å². The van der Waals surface area contributed by atoms with Gasteiger partial charge in [0.15, 0.2) is 0 Å². The fourth-order valence-electron chi connectivity index (χ4n) is 2.41. The smallest absolute Gasteiger partial charge is 0.254 e. The summed E-state index contributed by atoms with van der Waals surface area (Å²) in [5.41, 5.74) is 0.798. The van der Waals surface area contributed by atoms with Crippen molar-refractivity contribution >= 4 is 33.2 Å². The number of hydrogen-bond donors (Lipinski definition) is 0. The zero-order chi connectivity index (χ0) is 13.1. The number of amides is 1. The van der Waals surface area contributed by atoms with Gasteiger partial charge in [0.1, 0.15) is 0 Å². The first-order chi connectivity index (χ1) is 8.61. The van der Waals surface area contributed by atoms with E-state index in [9.17, 15) is 4.79 Å². The van der Waals surface area contributed by atoms with Gasteiger partial charge in [-0.05, 0) is 41.4 Å². The largest absolute Gasteiger partial charge is 0.339 e. The molecule has 1 aliphatic heterocycles. The molecule has 0 aliphatic carbocycles. The lowest BCUT2D eigenvalue weighted by atomic mass is 10.0. The maximum Gasteiger partial charge on any atom is 0.254 e. The van der Waals surface area contributed by atoms with Crippen molar-refractivity contribution < 1.29 is 4.79 Å². The maximum atomic E-state index is 12.3. The lowest BCUT2D eigenvalue weighted by Gasteiger charge is -2.36. The highest BCUT2D eigenvalue weighted by molar-refractivity contribution is 9.11. The van der Waals surface area contributed by atoms with Crippen molar-refractivity contribution in [1.29, 1.82) is 0 Å². The monoisotopic (exact) mass is 330 g/mol. The van der Waals surface area contributed by atoms with Crippen LogP contribution in [0.5, 0.6) is 0 Å². The number of piperidine rings is 1. The fraction of sp³-hybridized carbons (Fsp3) is 0.615. The Morgan fingerprint density at radius 1 is 1.56 bits per heavy atom. The number of carbonyl (C=O) groups excluding carboxylic acids is 1. The molecule has 0 bridgehead atoms. The summed E-state index contributed by atoms with van der Waals surface area (Å²) in [5.74, 6) is 0.145. The van der Waals surface area contributed by atoms with Gasteiger partial charge in [0.2, 0.25) is 0 Å². The van der Waals surface area contributed by atoms with E-state index in [1.807, 2.05) is 23.4 Å². The summed E-state index contributed by atoms with van der Waals surface area (Å²) in [6, 6.07) is 2.30. The van der Waals surface area contributed by atoms with Crippen molar-refractivity contribution in [2.24, 2.45) is 0 Å². The molecule has 100 valence electrons. The molecule has 1 amide bonds. The Morgan fingerprint density at radius 2 is 2.22 bits per heavy atom. The standard InChI is InChI=1S/C13H19BrN2OS/c1-3-16-6-4-11(5-7-16)15(2)13(17)10-8-12(14)18-9-10/h8-9,11H,3-7H2,1-2H3. The summed E-state index contributed by atoms with van der Waals surface area (Å²) in [6.07, 6.45) is 2.17. The number of carbonyl (C=O) groups is 1. The second kappa shape index (κ2) is 6.17. The molecule has 1 aromatic rings. The molecule has 0 radical (unpaired) electrons. The molecule has 3 nitrogen and oxygen atoms in total. The Bertz CT molecular complexity index is 413. The van der Waals surface area contributed by atoms with Crippen molar-refractivity contribution in [3.8, 4) is 0 Å². The Hall–Kier alpha value is -0.390. The van der Waals surface area contributed by atoms with Crippen molar-refractivity contribution in [2.75, 3.05) is 26.7 Å². The third kappa shape index (κ3) is 3.13. The van der Waals surface area contributed by atoms with Crippen LogP contribution in [0.4, 0.5) is 0 Å². The molecule has 0 unspecified atom stereocenters. The molecule has 2 heterocycles. The van der Waals surface area contributed by atoms with Crippen LogP contribution in [-0.4, -0.2) is 48.4 Å². The van der Waals surface area contributed by atoms with Crippen LogP contribution in [0.2, 0.25) is 0 Å². The van der Waals surface area contributed by atoms with Crippen LogP contribution in [-0.2, 0) is 0 Å². The lowest BCUT2D eigenvalue weighted by Crippen LogP contribution is -2.45. The van der Waals surface area contributed by atoms with Crippen LogP contribution < -0.4 is 0 Å². The molecular formula is C13H19BrN2OS. The zero-order valence-corrected chi connectivity index (χ0v) is 13.3. The first kappa shape index (κ1) is 14.0. The molecule has 1 fully saturated rings. The van der Waals surface area contributed by atoms with E-state index in [-0.39, 0.29) is 5.91 Å². The fourth-order valence-corrected chi connectivity index (χ4v) is 3.54. The molecule has 1 saturated heterocycles. The molecule has 1 aromatic heterocycles. The predicted molar refractivity (Wildman–Crippen MR) is 79.2 cm³/mol. The first-order valence-electron chi connectivity index (χ1n) is 6.35. The van der Waals surface area contributed by atoms with Crippen LogP contribution in [0.3, 0.4) is 0 Å². The normalized spacial score (nSPS) is 17.9. The third-order valence-electron chi connectivity index (χ3n) is 3.69. The van der Waals surface area contributed by atoms with Crippen molar-refractivity contribution in [3.05, 3.63) is 20.8 Å². The predicted octanol–water partition coefficient (Wildman–Crippen LogP) is 3.07. The van der Waals surface area contributed by atoms with E-state index in [1.54, 1.807) is 11.3 Å². The van der Waals surface area contributed by atoms with Gasteiger partial charge in [-0.15, -0.1) is 11.3 Å². The van der Waals surface area contributed by atoms with Crippen LogP contribution in [0, 0.1) is 0 Å². The van der Waals surface area contributed by atoms with Gasteiger partial charge in [-0.25, -0.2) is 0 Å². The second-order valence-electron chi connectivity index (χ2n) is 4.72. The highest BCUT2D eigenvalue weighted by Crippen LogP contribution is 2.23. The van der Waals surface area contributed by atoms with Crippen molar-refractivity contribution in [1.82, 2.24) is 9.80 Å². The summed E-state index contributed by atoms with van der Waals surface area (Å²) < 4.78 is 1.01. The van der Waals surface area contributed by atoms with E-state index in [4.69, 9.17) is 0 Å². The van der Waals surface area contributed by atoms with Gasteiger partial charge < -0.3 is 9.80 Å². The molecular weight excluding hydrogens is 312 g/mol. The summed E-state index contributed by atoms with van der Waals surface area (Å²) in [5, 5.41) is 1.92. The van der Waals surface area contributed by atoms with E-state index in [0.717, 1.165) is 41.8 Å². The van der Waals surface area contributed by atoms with Crippen LogP contribution in [0.15, 0.2) is 15.2 Å². The van der Waals surface area contributed by atoms with E-state index < -0.39 is 0 Å². The Morgan fingerprint density at radius 3 is 2.72 bits per heavy atom. The molecule has 0 aromatic carbocycles. The lowest BCUT2D eigenvalue weighted by molar-refractivity contribution is 0.0647. The molecule has 0 saturated carbocycles. The van der Waals surface area contributed by atoms with Gasteiger partial charge in [-0.3, -0.25) is 4.79 Å². The van der Waals surface area contributed by atoms with Gasteiger partial charge in [0.25, 0.3) is 5.91 Å². The zero-order valence-electron chi connectivity index (χ0n) is 10.9. The summed E-state index contributed by atoms with van der Waals surface area (Å²) in [4.78, 5) is 16.7. The van der Waals surface area contributed by atoms with Crippen LogP contribution >= 0.6 is 27.3 Å². The minimum absolute atomic E-state index is 0.145. The Balaban J connectivity index is 1.95. The van der Waals surface area contributed by atoms with Gasteiger partial charge >= 0.3 is 0 Å². The van der Waals surface area contributed by atoms with Crippen LogP contribution in [0.1, 0.15) is 30.1 Å². The van der Waals surface area contributed by atoms with Crippen molar-refractivity contribution in [2.45, 2.75) is 25.8 Å². The topological polar surface area (TPSA) is 23.6 Å². The minimum atomic E-state index is 0.145. The quantitative estimate of drug-likeness (QED) is 0.850. The highest BCUT2D eigenvalue weighted by Gasteiger charge is 2.25. The van der Waals surface area contributed by atoms with E-state index in [1.165, 1.54) is 0 Å². The molecule has 2 rings (SSSR count). The van der Waals surface area contributed by atoms with E-state index >= 15 is 0 Å². The molecule has 0 atom stereocenters. The van der Waals surface area contributed by atoms with E-state index in [0.29, 0.717) is 6.04 Å². The number of hydrogen-bond acceptors (Lipinski definition) is 3. The minimum Gasteiger partial charge on any atom is -0.339 e. The number of likely N-dealkylation sites (tertiary alicyclic amines) is 1. The molecule has 18 heavy (non-hydrogen) atoms. The summed E-state index contributed by atoms with van der Waals surface area (Å²) in [6.45, 7) is 5.51. The SMILES string of the molecule is CCN1CCC(N(C)C(=O)c2csc(Br)c2)CC1. The Kier molecular flexibility index (Phi) is 4.81. The van der Waals surface area contributed by atoms with Gasteiger partial charge in [-0.2, -0.15) is 0 Å². The molecule has 1 aliphatic rings. The summed E-state index contributed by atoms with van der Waals surface area (Å²) in [7, 11) is 1.93. The van der Waals surface area contributed by atoms with Gasteiger partial charge in [0.05, 0.1) is 9.35 Å². The van der Waals surface area contributed by atoms with E-state index in [2.05, 4.69) is 27.8 Å². The average molecular weight is 331 g/mol. The highest BCUT2D eigenvalue weighted by atomic mass is 79.9. The summed E-state index contributed by atoms with van der Waals surface area (Å²) >= 11 is 4.97. The molecule has 0 N–H and O–H groups in total. The number of halogens is 1. The van der Waals surface area contributed by atoms with Gasteiger partial charge in [0, 0.05) is 31.6 Å². The van der Waals surface area contributed by atoms with Gasteiger partial charge in [-0.1, -0.05) is 6.92 Å². The number of nitrogens with zero attached hydrogens (tertiary/aromatic N) is 2. The number of thiophene rings is 1.